The smallest absolute Gasteiger partial charge is 0.339 e. The van der Waals surface area contributed by atoms with Gasteiger partial charge in [0.1, 0.15) is 6.04 Å². The van der Waals surface area contributed by atoms with Crippen molar-refractivity contribution in [3.8, 4) is 23.1 Å². The van der Waals surface area contributed by atoms with E-state index in [2.05, 4.69) is 28.3 Å². The first-order chi connectivity index (χ1) is 12.4. The van der Waals surface area contributed by atoms with Gasteiger partial charge in [-0.05, 0) is 49.7 Å². The highest BCUT2D eigenvalue weighted by atomic mass is 16.5. The van der Waals surface area contributed by atoms with Crippen molar-refractivity contribution in [3.05, 3.63) is 53.9 Å². The minimum Gasteiger partial charge on any atom is -0.350 e. The number of hydrogen-bond donors (Lipinski definition) is 2. The summed E-state index contributed by atoms with van der Waals surface area (Å²) in [7, 11) is 2.03. The maximum atomic E-state index is 11.0. The van der Waals surface area contributed by atoms with Gasteiger partial charge in [0.2, 0.25) is 0 Å². The van der Waals surface area contributed by atoms with Crippen LogP contribution in [0, 0.1) is 18.8 Å². The van der Waals surface area contributed by atoms with E-state index in [1.165, 1.54) is 0 Å². The molecule has 2 aromatic heterocycles. The molecule has 3 rings (SSSR count). The molecule has 0 fully saturated rings. The fraction of sp³-hybridized carbons (Fsp3) is 0.200. The Kier molecular flexibility index (Phi) is 4.65. The predicted octanol–water partition coefficient (Wildman–Crippen LogP) is 3.06. The summed E-state index contributed by atoms with van der Waals surface area (Å²) in [5.41, 5.74) is 10.3. The molecule has 0 aliphatic rings. The van der Waals surface area contributed by atoms with Crippen molar-refractivity contribution in [1.29, 1.82) is 0 Å². The summed E-state index contributed by atoms with van der Waals surface area (Å²) in [6.45, 7) is 3.68. The maximum absolute atomic E-state index is 11.0. The van der Waals surface area contributed by atoms with Gasteiger partial charge in [-0.1, -0.05) is 11.8 Å². The lowest BCUT2D eigenvalue weighted by Gasteiger charge is -2.14. The third kappa shape index (κ3) is 3.13. The monoisotopic (exact) mass is 348 g/mol. The van der Waals surface area contributed by atoms with Crippen LogP contribution in [0.3, 0.4) is 0 Å². The zero-order valence-corrected chi connectivity index (χ0v) is 14.9. The number of nitrogens with two attached hydrogens (primary N) is 1. The molecule has 2 heterocycles. The molecule has 6 nitrogen and oxygen atoms in total. The van der Waals surface area contributed by atoms with Crippen LogP contribution in [-0.2, 0) is 7.05 Å². The maximum Gasteiger partial charge on any atom is 0.339 e. The Hall–Kier alpha value is -3.30. The summed E-state index contributed by atoms with van der Waals surface area (Å²) >= 11 is 0. The number of benzene rings is 1. The van der Waals surface area contributed by atoms with E-state index in [4.69, 9.17) is 5.73 Å². The minimum atomic E-state index is -0.928. The van der Waals surface area contributed by atoms with Crippen LogP contribution in [0.4, 0.5) is 4.79 Å². The van der Waals surface area contributed by atoms with Crippen LogP contribution >= 0.6 is 0 Å². The molecule has 0 spiro atoms. The zero-order chi connectivity index (χ0) is 18.8. The molecular weight excluding hydrogens is 328 g/mol. The van der Waals surface area contributed by atoms with E-state index in [0.717, 1.165) is 33.3 Å². The molecule has 26 heavy (non-hydrogen) atoms. The number of aryl methyl sites for hydroxylation is 2. The standard InChI is InChI=1S/C20H20N4O2/c1-13(24(26)20(21)25)6-7-15-8-9-18-17(11-15)14(2)19(23(18)3)16-5-4-10-22-12-16/h4-5,8-13,26H,1-3H3,(H2,21,25). The van der Waals surface area contributed by atoms with Crippen molar-refractivity contribution in [1.82, 2.24) is 14.6 Å². The highest BCUT2D eigenvalue weighted by Gasteiger charge is 2.14. The van der Waals surface area contributed by atoms with Crippen LogP contribution in [0.15, 0.2) is 42.7 Å². The molecule has 6 heteroatoms. The molecule has 3 aromatic rings. The third-order valence-electron chi connectivity index (χ3n) is 4.41. The van der Waals surface area contributed by atoms with Gasteiger partial charge < -0.3 is 10.3 Å². The Morgan fingerprint density at radius 3 is 2.81 bits per heavy atom. The SMILES string of the molecule is Cc1c(-c2cccnc2)n(C)c2ccc(C#CC(C)N(O)C(N)=O)cc12. The fourth-order valence-electron chi connectivity index (χ4n) is 3.06. The van der Waals surface area contributed by atoms with Crippen molar-refractivity contribution in [3.63, 3.8) is 0 Å². The van der Waals surface area contributed by atoms with Gasteiger partial charge in [-0.15, -0.1) is 0 Å². The number of rotatable bonds is 2. The number of primary amides is 1. The summed E-state index contributed by atoms with van der Waals surface area (Å²) in [6, 6.07) is 8.28. The number of carbonyl (C=O) groups is 1. The van der Waals surface area contributed by atoms with Crippen molar-refractivity contribution in [2.45, 2.75) is 19.9 Å². The topological polar surface area (TPSA) is 84.4 Å². The van der Waals surface area contributed by atoms with E-state index in [9.17, 15) is 10.0 Å². The van der Waals surface area contributed by atoms with E-state index in [0.29, 0.717) is 5.06 Å². The first-order valence-electron chi connectivity index (χ1n) is 8.18. The van der Waals surface area contributed by atoms with Gasteiger partial charge in [-0.2, -0.15) is 5.06 Å². The van der Waals surface area contributed by atoms with Gasteiger partial charge in [-0.3, -0.25) is 10.2 Å². The molecule has 3 N–H and O–H groups in total. The molecule has 0 aliphatic carbocycles. The fourth-order valence-corrected chi connectivity index (χ4v) is 3.06. The Morgan fingerprint density at radius 2 is 2.15 bits per heavy atom. The normalized spacial score (nSPS) is 11.7. The zero-order valence-electron chi connectivity index (χ0n) is 14.9. The molecule has 1 unspecified atom stereocenters. The molecule has 0 saturated heterocycles. The summed E-state index contributed by atoms with van der Waals surface area (Å²) in [6.07, 6.45) is 3.61. The van der Waals surface area contributed by atoms with E-state index in [1.807, 2.05) is 43.6 Å². The highest BCUT2D eigenvalue weighted by Crippen LogP contribution is 2.32. The van der Waals surface area contributed by atoms with Crippen LogP contribution in [-0.4, -0.2) is 31.9 Å². The second kappa shape index (κ2) is 6.90. The lowest BCUT2D eigenvalue weighted by molar-refractivity contribution is -0.0536. The Labute approximate surface area is 151 Å². The van der Waals surface area contributed by atoms with Crippen molar-refractivity contribution >= 4 is 16.9 Å². The lowest BCUT2D eigenvalue weighted by Crippen LogP contribution is -2.38. The highest BCUT2D eigenvalue weighted by molar-refractivity contribution is 5.92. The van der Waals surface area contributed by atoms with Gasteiger partial charge in [0.15, 0.2) is 0 Å². The van der Waals surface area contributed by atoms with Crippen LogP contribution in [0.5, 0.6) is 0 Å². The van der Waals surface area contributed by atoms with Crippen molar-refractivity contribution in [2.75, 3.05) is 0 Å². The Balaban J connectivity index is 2.03. The molecule has 0 saturated carbocycles. The van der Waals surface area contributed by atoms with Gasteiger partial charge >= 0.3 is 6.03 Å². The van der Waals surface area contributed by atoms with Crippen LogP contribution in [0.1, 0.15) is 18.1 Å². The number of urea groups is 1. The van der Waals surface area contributed by atoms with E-state index in [-0.39, 0.29) is 0 Å². The first kappa shape index (κ1) is 17.5. The number of hydroxylamine groups is 2. The largest absolute Gasteiger partial charge is 0.350 e. The van der Waals surface area contributed by atoms with Crippen LogP contribution in [0.25, 0.3) is 22.2 Å². The summed E-state index contributed by atoms with van der Waals surface area (Å²) in [5.74, 6) is 5.81. The number of nitrogens with zero attached hydrogens (tertiary/aromatic N) is 3. The van der Waals surface area contributed by atoms with Gasteiger partial charge in [0, 0.05) is 41.5 Å². The third-order valence-corrected chi connectivity index (χ3v) is 4.41. The average molecular weight is 348 g/mol. The van der Waals surface area contributed by atoms with Gasteiger partial charge in [0.05, 0.1) is 5.69 Å². The van der Waals surface area contributed by atoms with Crippen molar-refractivity contribution in [2.24, 2.45) is 12.8 Å². The van der Waals surface area contributed by atoms with Crippen LogP contribution in [0.2, 0.25) is 0 Å². The number of fused-ring (bicyclic) bond motifs is 1. The number of carbonyl (C=O) groups excluding carboxylic acids is 1. The summed E-state index contributed by atoms with van der Waals surface area (Å²) in [5, 5.41) is 11.0. The van der Waals surface area contributed by atoms with E-state index < -0.39 is 12.1 Å². The predicted molar refractivity (Wildman–Crippen MR) is 100 cm³/mol. The molecule has 2 amide bonds. The van der Waals surface area contributed by atoms with E-state index in [1.54, 1.807) is 13.1 Å². The molecule has 1 atom stereocenters. The molecular formula is C20H20N4O2. The average Bonchev–Trinajstić information content (AvgIpc) is 2.90. The first-order valence-corrected chi connectivity index (χ1v) is 8.18. The quantitative estimate of drug-likeness (QED) is 0.424. The Bertz CT molecular complexity index is 1030. The second-order valence-electron chi connectivity index (χ2n) is 6.13. The number of aromatic nitrogens is 2. The molecule has 132 valence electrons. The van der Waals surface area contributed by atoms with Crippen molar-refractivity contribution < 1.29 is 10.0 Å². The number of pyridine rings is 1. The minimum absolute atomic E-state index is 0.416. The summed E-state index contributed by atoms with van der Waals surface area (Å²) < 4.78 is 2.14. The number of amides is 2. The second-order valence-corrected chi connectivity index (χ2v) is 6.13. The van der Waals surface area contributed by atoms with Crippen LogP contribution < -0.4 is 5.73 Å². The summed E-state index contributed by atoms with van der Waals surface area (Å²) in [4.78, 5) is 15.2. The lowest BCUT2D eigenvalue weighted by atomic mass is 10.1. The Morgan fingerprint density at radius 1 is 1.38 bits per heavy atom. The van der Waals surface area contributed by atoms with Gasteiger partial charge in [-0.25, -0.2) is 4.79 Å². The molecule has 0 bridgehead atoms. The molecule has 0 radical (unpaired) electrons. The van der Waals surface area contributed by atoms with E-state index >= 15 is 0 Å². The molecule has 0 aliphatic heterocycles. The number of hydrogen-bond acceptors (Lipinski definition) is 3. The molecule has 1 aromatic carbocycles. The van der Waals surface area contributed by atoms with Gasteiger partial charge in [0.25, 0.3) is 0 Å².